The minimum atomic E-state index is 0.845. The van der Waals surface area contributed by atoms with Gasteiger partial charge in [-0.2, -0.15) is 0 Å². The Bertz CT molecular complexity index is 424. The number of hydrogen-bond acceptors (Lipinski definition) is 0. The zero-order valence-electron chi connectivity index (χ0n) is 25.0. The molecule has 0 aromatic heterocycles. The molecule has 0 aliphatic heterocycles. The Morgan fingerprint density at radius 2 is 0.971 bits per heavy atom. The van der Waals surface area contributed by atoms with Gasteiger partial charge in [0.2, 0.25) is 0 Å². The van der Waals surface area contributed by atoms with Crippen LogP contribution in [0.2, 0.25) is 0 Å². The van der Waals surface area contributed by atoms with Gasteiger partial charge in [-0.05, 0) is 54.8 Å². The standard InChI is InChI=1S/C34H68/c1-7-10-12-14-16-17-18-19-21-25-31(9-3)33(27-22-20-15-13-11-8-2)34-28-24-23-26-32(34)30(6)29(4)5/h29-34H,7-28H2,1-6H3. The van der Waals surface area contributed by atoms with Crippen molar-refractivity contribution in [3.05, 3.63) is 0 Å². The molecule has 0 aromatic carbocycles. The Labute approximate surface area is 218 Å². The van der Waals surface area contributed by atoms with Crippen LogP contribution >= 0.6 is 0 Å². The fourth-order valence-corrected chi connectivity index (χ4v) is 7.26. The van der Waals surface area contributed by atoms with Crippen molar-refractivity contribution in [3.63, 3.8) is 0 Å². The van der Waals surface area contributed by atoms with Gasteiger partial charge in [0.05, 0.1) is 0 Å². The lowest BCUT2D eigenvalue weighted by atomic mass is 9.61. The van der Waals surface area contributed by atoms with Crippen LogP contribution in [0.5, 0.6) is 0 Å². The van der Waals surface area contributed by atoms with Gasteiger partial charge < -0.3 is 0 Å². The highest BCUT2D eigenvalue weighted by Crippen LogP contribution is 2.47. The van der Waals surface area contributed by atoms with Crippen LogP contribution in [0.4, 0.5) is 0 Å². The largest absolute Gasteiger partial charge is 0.0654 e. The van der Waals surface area contributed by atoms with Crippen LogP contribution < -0.4 is 0 Å². The molecule has 0 radical (unpaired) electrons. The van der Waals surface area contributed by atoms with E-state index in [1.807, 2.05) is 0 Å². The van der Waals surface area contributed by atoms with Crippen LogP contribution in [-0.4, -0.2) is 0 Å². The monoisotopic (exact) mass is 477 g/mol. The topological polar surface area (TPSA) is 0 Å². The third kappa shape index (κ3) is 13.3. The third-order valence-corrected chi connectivity index (χ3v) is 9.85. The molecule has 0 N–H and O–H groups in total. The van der Waals surface area contributed by atoms with E-state index in [4.69, 9.17) is 0 Å². The first kappa shape index (κ1) is 32.0. The second-order valence-electron chi connectivity index (χ2n) is 12.7. The van der Waals surface area contributed by atoms with Crippen LogP contribution in [0.1, 0.15) is 183 Å². The molecule has 34 heavy (non-hydrogen) atoms. The Hall–Kier alpha value is 0. The molecule has 0 aromatic rings. The molecule has 5 unspecified atom stereocenters. The molecule has 1 rings (SSSR count). The summed E-state index contributed by atoms with van der Waals surface area (Å²) in [7, 11) is 0. The van der Waals surface area contributed by atoms with Gasteiger partial charge in [0.15, 0.2) is 0 Å². The van der Waals surface area contributed by atoms with Crippen LogP contribution in [0.15, 0.2) is 0 Å². The van der Waals surface area contributed by atoms with E-state index in [9.17, 15) is 0 Å². The SMILES string of the molecule is CCCCCCCCCCCC(CC)C(CCCCCCCC)C1CCCCC1C(C)C(C)C. The summed E-state index contributed by atoms with van der Waals surface area (Å²) < 4.78 is 0. The first-order chi connectivity index (χ1) is 16.6. The summed E-state index contributed by atoms with van der Waals surface area (Å²) >= 11 is 0. The van der Waals surface area contributed by atoms with Gasteiger partial charge in [-0.1, -0.05) is 164 Å². The molecule has 1 saturated carbocycles. The van der Waals surface area contributed by atoms with Crippen LogP contribution in [0, 0.1) is 35.5 Å². The van der Waals surface area contributed by atoms with E-state index >= 15 is 0 Å². The summed E-state index contributed by atoms with van der Waals surface area (Å²) in [6.07, 6.45) is 32.5. The highest BCUT2D eigenvalue weighted by Gasteiger charge is 2.38. The second kappa shape index (κ2) is 21.1. The predicted octanol–water partition coefficient (Wildman–Crippen LogP) is 12.4. The molecule has 0 bridgehead atoms. The smallest absolute Gasteiger partial charge is 0.0352 e. The van der Waals surface area contributed by atoms with E-state index < -0.39 is 0 Å². The molecule has 0 amide bonds. The van der Waals surface area contributed by atoms with E-state index in [1.165, 1.54) is 141 Å². The summed E-state index contributed by atoms with van der Waals surface area (Å²) in [5.41, 5.74) is 0. The van der Waals surface area contributed by atoms with E-state index in [0.717, 1.165) is 35.5 Å². The van der Waals surface area contributed by atoms with Crippen molar-refractivity contribution in [2.75, 3.05) is 0 Å². The average Bonchev–Trinajstić information content (AvgIpc) is 2.85. The third-order valence-electron chi connectivity index (χ3n) is 9.85. The maximum Gasteiger partial charge on any atom is -0.0352 e. The molecule has 1 fully saturated rings. The predicted molar refractivity (Wildman–Crippen MR) is 157 cm³/mol. The molecule has 1 aliphatic carbocycles. The van der Waals surface area contributed by atoms with Crippen molar-refractivity contribution in [1.82, 2.24) is 0 Å². The van der Waals surface area contributed by atoms with Gasteiger partial charge >= 0.3 is 0 Å². The lowest BCUT2D eigenvalue weighted by Gasteiger charge is -2.44. The lowest BCUT2D eigenvalue weighted by Crippen LogP contribution is -2.36. The maximum absolute atomic E-state index is 2.59. The van der Waals surface area contributed by atoms with Gasteiger partial charge in [0.25, 0.3) is 0 Å². The summed E-state index contributed by atoms with van der Waals surface area (Å²) in [5.74, 6) is 5.77. The zero-order valence-corrected chi connectivity index (χ0v) is 25.0. The molecule has 0 heteroatoms. The van der Waals surface area contributed by atoms with Crippen LogP contribution in [-0.2, 0) is 0 Å². The van der Waals surface area contributed by atoms with E-state index in [1.54, 1.807) is 0 Å². The van der Waals surface area contributed by atoms with Crippen LogP contribution in [0.3, 0.4) is 0 Å². The molecular weight excluding hydrogens is 408 g/mol. The lowest BCUT2D eigenvalue weighted by molar-refractivity contribution is 0.0522. The van der Waals surface area contributed by atoms with Gasteiger partial charge in [-0.3, -0.25) is 0 Å². The highest BCUT2D eigenvalue weighted by atomic mass is 14.4. The Balaban J connectivity index is 2.63. The van der Waals surface area contributed by atoms with Gasteiger partial charge in [0.1, 0.15) is 0 Å². The maximum atomic E-state index is 2.59. The summed E-state index contributed by atoms with van der Waals surface area (Å²) in [6, 6.07) is 0. The summed E-state index contributed by atoms with van der Waals surface area (Å²) in [5, 5.41) is 0. The molecule has 1 aliphatic rings. The van der Waals surface area contributed by atoms with Crippen molar-refractivity contribution in [1.29, 1.82) is 0 Å². The highest BCUT2D eigenvalue weighted by molar-refractivity contribution is 4.87. The zero-order chi connectivity index (χ0) is 25.0. The average molecular weight is 477 g/mol. The van der Waals surface area contributed by atoms with Crippen molar-refractivity contribution >= 4 is 0 Å². The molecular formula is C34H68. The van der Waals surface area contributed by atoms with Gasteiger partial charge in [-0.25, -0.2) is 0 Å². The van der Waals surface area contributed by atoms with Crippen molar-refractivity contribution in [2.24, 2.45) is 35.5 Å². The molecule has 5 atom stereocenters. The molecule has 0 heterocycles. The van der Waals surface area contributed by atoms with Crippen molar-refractivity contribution < 1.29 is 0 Å². The molecule has 0 spiro atoms. The first-order valence-electron chi connectivity index (χ1n) is 16.6. The van der Waals surface area contributed by atoms with E-state index in [-0.39, 0.29) is 0 Å². The number of hydrogen-bond donors (Lipinski definition) is 0. The second-order valence-corrected chi connectivity index (χ2v) is 12.7. The molecule has 0 saturated heterocycles. The van der Waals surface area contributed by atoms with E-state index in [0.29, 0.717) is 0 Å². The molecule has 204 valence electrons. The minimum absolute atomic E-state index is 0.845. The first-order valence-corrected chi connectivity index (χ1v) is 16.6. The van der Waals surface area contributed by atoms with E-state index in [2.05, 4.69) is 41.5 Å². The quantitative estimate of drug-likeness (QED) is 0.136. The fourth-order valence-electron chi connectivity index (χ4n) is 7.26. The summed E-state index contributed by atoms with van der Waals surface area (Å²) in [4.78, 5) is 0. The number of unbranched alkanes of at least 4 members (excludes halogenated alkanes) is 13. The Morgan fingerprint density at radius 3 is 1.44 bits per heavy atom. The van der Waals surface area contributed by atoms with Gasteiger partial charge in [-0.15, -0.1) is 0 Å². The Morgan fingerprint density at radius 1 is 0.529 bits per heavy atom. The molecule has 0 nitrogen and oxygen atoms in total. The van der Waals surface area contributed by atoms with Crippen molar-refractivity contribution in [3.8, 4) is 0 Å². The number of rotatable bonds is 22. The van der Waals surface area contributed by atoms with Gasteiger partial charge in [0, 0.05) is 0 Å². The fraction of sp³-hybridized carbons (Fsp3) is 1.00. The summed E-state index contributed by atoms with van der Waals surface area (Å²) in [6.45, 7) is 14.8. The minimum Gasteiger partial charge on any atom is -0.0654 e. The van der Waals surface area contributed by atoms with Crippen molar-refractivity contribution in [2.45, 2.75) is 183 Å². The Kier molecular flexibility index (Phi) is 19.9. The van der Waals surface area contributed by atoms with Crippen LogP contribution in [0.25, 0.3) is 0 Å². The normalized spacial score (nSPS) is 21.6.